The summed E-state index contributed by atoms with van der Waals surface area (Å²) < 4.78 is 2.35. The number of amidine groups is 1. The maximum absolute atomic E-state index is 14.1. The van der Waals surface area contributed by atoms with E-state index in [1.807, 2.05) is 53.4 Å². The summed E-state index contributed by atoms with van der Waals surface area (Å²) in [6.07, 6.45) is 2.07. The second-order valence-electron chi connectivity index (χ2n) is 10.2. The third-order valence-electron chi connectivity index (χ3n) is 7.47. The molecule has 2 heterocycles. The summed E-state index contributed by atoms with van der Waals surface area (Å²) in [7, 11) is 0. The van der Waals surface area contributed by atoms with Crippen molar-refractivity contribution in [1.29, 1.82) is 0 Å². The molecule has 0 aliphatic carbocycles. The highest BCUT2D eigenvalue weighted by Gasteiger charge is 2.37. The highest BCUT2D eigenvalue weighted by atomic mass is 32.2. The van der Waals surface area contributed by atoms with E-state index in [0.717, 1.165) is 40.0 Å². The number of hydrogen-bond acceptors (Lipinski definition) is 3. The molecule has 5 aromatic rings. The lowest BCUT2D eigenvalue weighted by atomic mass is 10.1. The Morgan fingerprint density at radius 3 is 2.30 bits per heavy atom. The first-order valence-electron chi connectivity index (χ1n) is 13.5. The maximum Gasteiger partial charge on any atom is 0.267 e. The van der Waals surface area contributed by atoms with E-state index < -0.39 is 0 Å². The minimum Gasteiger partial charge on any atom is -0.340 e. The van der Waals surface area contributed by atoms with Gasteiger partial charge in [-0.2, -0.15) is 0 Å². The summed E-state index contributed by atoms with van der Waals surface area (Å²) in [6, 6.07) is 36.9. The number of carbonyl (C=O) groups is 1. The van der Waals surface area contributed by atoms with Crippen molar-refractivity contribution in [3.05, 3.63) is 142 Å². The quantitative estimate of drug-likeness (QED) is 0.202. The maximum atomic E-state index is 14.1. The molecule has 40 heavy (non-hydrogen) atoms. The second kappa shape index (κ2) is 11.0. The van der Waals surface area contributed by atoms with E-state index in [0.29, 0.717) is 10.1 Å². The van der Waals surface area contributed by atoms with Gasteiger partial charge >= 0.3 is 0 Å². The third-order valence-corrected chi connectivity index (χ3v) is 8.45. The Morgan fingerprint density at radius 1 is 0.850 bits per heavy atom. The lowest BCUT2D eigenvalue weighted by molar-refractivity contribution is -0.123. The summed E-state index contributed by atoms with van der Waals surface area (Å²) in [5, 5.41) is 1.84. The number of benzene rings is 4. The van der Waals surface area contributed by atoms with Gasteiger partial charge in [0.15, 0.2) is 5.17 Å². The molecule has 1 fully saturated rings. The van der Waals surface area contributed by atoms with Crippen LogP contribution in [-0.2, 0) is 11.3 Å². The zero-order valence-electron chi connectivity index (χ0n) is 22.9. The number of amides is 1. The molecule has 4 nitrogen and oxygen atoms in total. The Kier molecular flexibility index (Phi) is 7.14. The average Bonchev–Trinajstić information content (AvgIpc) is 3.42. The molecule has 4 aromatic carbocycles. The van der Waals surface area contributed by atoms with Crippen LogP contribution in [0.25, 0.3) is 17.0 Å². The van der Waals surface area contributed by atoms with Gasteiger partial charge in [-0.05, 0) is 67.9 Å². The van der Waals surface area contributed by atoms with E-state index in [1.54, 1.807) is 0 Å². The average molecular weight is 542 g/mol. The molecular weight excluding hydrogens is 510 g/mol. The highest BCUT2D eigenvalue weighted by molar-refractivity contribution is 8.18. The molecule has 1 atom stereocenters. The van der Waals surface area contributed by atoms with Crippen LogP contribution in [0.4, 0.5) is 5.69 Å². The number of para-hydroxylation sites is 2. The lowest BCUT2D eigenvalue weighted by Gasteiger charge is -2.24. The standard InChI is InChI=1S/C35H31N3OS/c1-24-13-12-14-27(21-24)23-37-26(3)31(30-19-10-11-20-32(30)37)22-33-34(39)38(25(2)28-15-6-4-7-16-28)35(40-33)36-29-17-8-5-9-18-29/h4-22,25H,23H2,1-3H3/b33-22+,36-35?/t25-/m0/s1. The molecule has 0 unspecified atom stereocenters. The molecule has 1 aromatic heterocycles. The number of hydrogen-bond donors (Lipinski definition) is 0. The monoisotopic (exact) mass is 541 g/mol. The number of fused-ring (bicyclic) bond motifs is 1. The Bertz CT molecular complexity index is 1750. The van der Waals surface area contributed by atoms with Gasteiger partial charge < -0.3 is 4.57 Å². The van der Waals surface area contributed by atoms with E-state index in [4.69, 9.17) is 4.99 Å². The topological polar surface area (TPSA) is 37.6 Å². The first kappa shape index (κ1) is 25.9. The van der Waals surface area contributed by atoms with E-state index >= 15 is 0 Å². The first-order chi connectivity index (χ1) is 19.5. The molecule has 198 valence electrons. The van der Waals surface area contributed by atoms with Crippen molar-refractivity contribution in [3.63, 3.8) is 0 Å². The van der Waals surface area contributed by atoms with Crippen LogP contribution in [-0.4, -0.2) is 20.5 Å². The fraction of sp³-hybridized carbons (Fsp3) is 0.143. The Labute approximate surface area is 239 Å². The van der Waals surface area contributed by atoms with Crippen LogP contribution in [0.15, 0.2) is 119 Å². The summed E-state index contributed by atoms with van der Waals surface area (Å²) in [4.78, 5) is 21.5. The van der Waals surface area contributed by atoms with Gasteiger partial charge in [0, 0.05) is 28.7 Å². The predicted octanol–water partition coefficient (Wildman–Crippen LogP) is 8.67. The Hall–Kier alpha value is -4.35. The van der Waals surface area contributed by atoms with Crippen molar-refractivity contribution in [2.24, 2.45) is 4.99 Å². The van der Waals surface area contributed by atoms with Gasteiger partial charge in [-0.1, -0.05) is 96.6 Å². The molecule has 1 saturated heterocycles. The summed E-state index contributed by atoms with van der Waals surface area (Å²) >= 11 is 1.45. The SMILES string of the molecule is Cc1cccc(Cn2c(C)c(/C=C3/SC(=Nc4ccccc4)N([C@@H](C)c4ccccc4)C3=O)c3ccccc32)c1. The minimum atomic E-state index is -0.154. The molecule has 5 heteroatoms. The highest BCUT2D eigenvalue weighted by Crippen LogP contribution is 2.40. The molecule has 0 N–H and O–H groups in total. The molecule has 0 radical (unpaired) electrons. The van der Waals surface area contributed by atoms with Crippen molar-refractivity contribution in [2.45, 2.75) is 33.4 Å². The van der Waals surface area contributed by atoms with Crippen molar-refractivity contribution >= 4 is 45.5 Å². The van der Waals surface area contributed by atoms with Crippen LogP contribution < -0.4 is 0 Å². The number of carbonyl (C=O) groups excluding carboxylic acids is 1. The van der Waals surface area contributed by atoms with Gasteiger partial charge in [0.2, 0.25) is 0 Å². The fourth-order valence-corrected chi connectivity index (χ4v) is 6.42. The largest absolute Gasteiger partial charge is 0.340 e. The normalized spacial score (nSPS) is 16.4. The number of rotatable bonds is 6. The van der Waals surface area contributed by atoms with Crippen LogP contribution in [0.5, 0.6) is 0 Å². The van der Waals surface area contributed by atoms with E-state index in [-0.39, 0.29) is 11.9 Å². The molecule has 0 spiro atoms. The molecule has 1 aliphatic heterocycles. The van der Waals surface area contributed by atoms with Crippen molar-refractivity contribution in [2.75, 3.05) is 0 Å². The molecule has 1 aliphatic rings. The molecular formula is C35H31N3OS. The summed E-state index contributed by atoms with van der Waals surface area (Å²) in [5.74, 6) is -0.0223. The van der Waals surface area contributed by atoms with Gasteiger partial charge in [-0.25, -0.2) is 4.99 Å². The summed E-state index contributed by atoms with van der Waals surface area (Å²) in [5.41, 5.74) is 7.79. The van der Waals surface area contributed by atoms with Gasteiger partial charge in [-0.15, -0.1) is 0 Å². The Morgan fingerprint density at radius 2 is 1.55 bits per heavy atom. The number of aromatic nitrogens is 1. The van der Waals surface area contributed by atoms with Crippen molar-refractivity contribution in [3.8, 4) is 0 Å². The van der Waals surface area contributed by atoms with Gasteiger partial charge in [-0.3, -0.25) is 9.69 Å². The second-order valence-corrected chi connectivity index (χ2v) is 11.2. The Balaban J connectivity index is 1.44. The van der Waals surface area contributed by atoms with Crippen molar-refractivity contribution < 1.29 is 4.79 Å². The third kappa shape index (κ3) is 5.01. The number of nitrogens with zero attached hydrogens (tertiary/aromatic N) is 3. The van der Waals surface area contributed by atoms with Gasteiger partial charge in [0.05, 0.1) is 16.6 Å². The zero-order chi connectivity index (χ0) is 27.6. The number of aliphatic imine (C=N–C) groups is 1. The minimum absolute atomic E-state index is 0.0223. The number of aryl methyl sites for hydroxylation is 1. The molecule has 1 amide bonds. The summed E-state index contributed by atoms with van der Waals surface area (Å²) in [6.45, 7) is 7.11. The van der Waals surface area contributed by atoms with E-state index in [1.165, 1.54) is 22.9 Å². The van der Waals surface area contributed by atoms with Crippen LogP contribution in [0.1, 0.15) is 40.9 Å². The fourth-order valence-electron chi connectivity index (χ4n) is 5.37. The van der Waals surface area contributed by atoms with Crippen molar-refractivity contribution in [1.82, 2.24) is 9.47 Å². The van der Waals surface area contributed by atoms with E-state index in [2.05, 4.69) is 92.1 Å². The zero-order valence-corrected chi connectivity index (χ0v) is 23.7. The van der Waals surface area contributed by atoms with Crippen LogP contribution in [0, 0.1) is 13.8 Å². The molecule has 6 rings (SSSR count). The van der Waals surface area contributed by atoms with Gasteiger partial charge in [0.25, 0.3) is 5.91 Å². The van der Waals surface area contributed by atoms with Crippen LogP contribution >= 0.6 is 11.8 Å². The smallest absolute Gasteiger partial charge is 0.267 e. The number of thioether (sulfide) groups is 1. The van der Waals surface area contributed by atoms with Crippen LogP contribution in [0.2, 0.25) is 0 Å². The first-order valence-corrected chi connectivity index (χ1v) is 14.4. The predicted molar refractivity (Wildman–Crippen MR) is 168 cm³/mol. The van der Waals surface area contributed by atoms with E-state index in [9.17, 15) is 4.79 Å². The molecule has 0 bridgehead atoms. The van der Waals surface area contributed by atoms with Gasteiger partial charge in [0.1, 0.15) is 0 Å². The molecule has 0 saturated carbocycles. The lowest BCUT2D eigenvalue weighted by Crippen LogP contribution is -2.32. The van der Waals surface area contributed by atoms with Crippen LogP contribution in [0.3, 0.4) is 0 Å².